The van der Waals surface area contributed by atoms with Gasteiger partial charge in [0.15, 0.2) is 11.5 Å². The van der Waals surface area contributed by atoms with Crippen LogP contribution in [-0.4, -0.2) is 65.0 Å². The molecule has 31 heavy (non-hydrogen) atoms. The van der Waals surface area contributed by atoms with Gasteiger partial charge in [0.2, 0.25) is 5.82 Å². The number of nitrogens with zero attached hydrogens (tertiary/aromatic N) is 5. The van der Waals surface area contributed by atoms with Crippen molar-refractivity contribution in [2.24, 2.45) is 12.8 Å². The number of hydrogen-bond donors (Lipinski definition) is 3. The van der Waals surface area contributed by atoms with Gasteiger partial charge in [0, 0.05) is 38.8 Å². The van der Waals surface area contributed by atoms with Crippen molar-refractivity contribution in [3.63, 3.8) is 0 Å². The van der Waals surface area contributed by atoms with E-state index in [0.717, 1.165) is 5.56 Å². The molecular formula is C20H24N8O3. The van der Waals surface area contributed by atoms with Crippen molar-refractivity contribution in [2.75, 3.05) is 32.6 Å². The molecule has 1 aromatic carbocycles. The summed E-state index contributed by atoms with van der Waals surface area (Å²) in [5.74, 6) is 0.177. The van der Waals surface area contributed by atoms with E-state index in [2.05, 4.69) is 25.0 Å². The molecule has 0 fully saturated rings. The van der Waals surface area contributed by atoms with E-state index in [1.165, 1.54) is 7.11 Å². The van der Waals surface area contributed by atoms with Crippen molar-refractivity contribution in [3.8, 4) is 11.4 Å². The van der Waals surface area contributed by atoms with Crippen LogP contribution in [0.4, 0.5) is 5.82 Å². The zero-order valence-corrected chi connectivity index (χ0v) is 17.8. The lowest BCUT2D eigenvalue weighted by molar-refractivity contribution is -0.140. The molecule has 11 heteroatoms. The lowest BCUT2D eigenvalue weighted by Gasteiger charge is -2.14. The van der Waals surface area contributed by atoms with Gasteiger partial charge in [0.25, 0.3) is 5.91 Å². The SMILES string of the molecule is COC(=O)CCNC(=O)c1nc(N(C)C)c2c(n1)nc(-c1ccc(C(=N)N)cc1)n2C. The minimum absolute atomic E-state index is 0.0137. The number of amidine groups is 1. The van der Waals surface area contributed by atoms with E-state index in [-0.39, 0.29) is 24.6 Å². The number of carbonyl (C=O) groups is 2. The molecule has 0 saturated carbocycles. The van der Waals surface area contributed by atoms with E-state index in [9.17, 15) is 9.59 Å². The number of nitrogen functional groups attached to an aromatic ring is 1. The fourth-order valence-electron chi connectivity index (χ4n) is 3.02. The number of nitrogens with one attached hydrogen (secondary N) is 2. The Morgan fingerprint density at radius 1 is 1.19 bits per heavy atom. The highest BCUT2D eigenvalue weighted by Crippen LogP contribution is 2.28. The van der Waals surface area contributed by atoms with Crippen molar-refractivity contribution < 1.29 is 14.3 Å². The van der Waals surface area contributed by atoms with E-state index in [4.69, 9.17) is 11.1 Å². The molecule has 0 atom stereocenters. The number of anilines is 1. The monoisotopic (exact) mass is 424 g/mol. The van der Waals surface area contributed by atoms with Crippen LogP contribution in [0.3, 0.4) is 0 Å². The smallest absolute Gasteiger partial charge is 0.307 e. The minimum atomic E-state index is -0.507. The van der Waals surface area contributed by atoms with Crippen molar-refractivity contribution in [2.45, 2.75) is 6.42 Å². The first-order valence-electron chi connectivity index (χ1n) is 9.44. The normalized spacial score (nSPS) is 10.7. The van der Waals surface area contributed by atoms with Crippen LogP contribution < -0.4 is 16.0 Å². The molecule has 0 spiro atoms. The molecule has 2 aromatic heterocycles. The van der Waals surface area contributed by atoms with Gasteiger partial charge in [0.1, 0.15) is 17.2 Å². The number of rotatable bonds is 7. The van der Waals surface area contributed by atoms with E-state index >= 15 is 0 Å². The molecule has 3 rings (SSSR count). The lowest BCUT2D eigenvalue weighted by Crippen LogP contribution is -2.28. The summed E-state index contributed by atoms with van der Waals surface area (Å²) in [4.78, 5) is 38.9. The number of imidazole rings is 1. The summed E-state index contributed by atoms with van der Waals surface area (Å²) in [6.07, 6.45) is 0.0506. The van der Waals surface area contributed by atoms with Crippen LogP contribution in [0.1, 0.15) is 22.6 Å². The largest absolute Gasteiger partial charge is 0.469 e. The highest BCUT2D eigenvalue weighted by Gasteiger charge is 2.21. The molecule has 4 N–H and O–H groups in total. The molecule has 0 bridgehead atoms. The van der Waals surface area contributed by atoms with Crippen LogP contribution in [0.5, 0.6) is 0 Å². The zero-order chi connectivity index (χ0) is 22.7. The number of aryl methyl sites for hydroxylation is 1. The highest BCUT2D eigenvalue weighted by atomic mass is 16.5. The first kappa shape index (κ1) is 21.7. The lowest BCUT2D eigenvalue weighted by atomic mass is 10.1. The Morgan fingerprint density at radius 2 is 1.87 bits per heavy atom. The fourth-order valence-corrected chi connectivity index (χ4v) is 3.02. The molecular weight excluding hydrogens is 400 g/mol. The average molecular weight is 424 g/mol. The summed E-state index contributed by atoms with van der Waals surface area (Å²) in [7, 11) is 6.76. The Balaban J connectivity index is 2.00. The van der Waals surface area contributed by atoms with Crippen LogP contribution in [0, 0.1) is 5.41 Å². The maximum atomic E-state index is 12.5. The summed E-state index contributed by atoms with van der Waals surface area (Å²) in [6, 6.07) is 7.13. The third-order valence-corrected chi connectivity index (χ3v) is 4.64. The summed E-state index contributed by atoms with van der Waals surface area (Å²) in [6.45, 7) is 0.111. The topological polar surface area (TPSA) is 152 Å². The molecule has 0 aliphatic rings. The Morgan fingerprint density at radius 3 is 2.45 bits per heavy atom. The van der Waals surface area contributed by atoms with Gasteiger partial charge in [-0.05, 0) is 0 Å². The number of amides is 1. The molecule has 0 unspecified atom stereocenters. The number of benzene rings is 1. The van der Waals surface area contributed by atoms with Crippen LogP contribution >= 0.6 is 0 Å². The van der Waals surface area contributed by atoms with Gasteiger partial charge in [-0.3, -0.25) is 15.0 Å². The van der Waals surface area contributed by atoms with Crippen LogP contribution in [0.2, 0.25) is 0 Å². The van der Waals surface area contributed by atoms with Gasteiger partial charge in [-0.15, -0.1) is 0 Å². The van der Waals surface area contributed by atoms with Gasteiger partial charge < -0.3 is 25.3 Å². The second kappa shape index (κ2) is 8.78. The van der Waals surface area contributed by atoms with Gasteiger partial charge in [-0.25, -0.2) is 15.0 Å². The number of fused-ring (bicyclic) bond motifs is 1. The molecule has 11 nitrogen and oxygen atoms in total. The summed E-state index contributed by atoms with van der Waals surface area (Å²) in [5.41, 5.74) is 7.98. The predicted molar refractivity (Wildman–Crippen MR) is 116 cm³/mol. The minimum Gasteiger partial charge on any atom is -0.469 e. The van der Waals surface area contributed by atoms with E-state index in [1.807, 2.05) is 37.8 Å². The molecule has 162 valence electrons. The summed E-state index contributed by atoms with van der Waals surface area (Å²) < 4.78 is 6.42. The second-order valence-electron chi connectivity index (χ2n) is 7.00. The molecule has 3 aromatic rings. The highest BCUT2D eigenvalue weighted by molar-refractivity contribution is 5.96. The van der Waals surface area contributed by atoms with Crippen LogP contribution in [-0.2, 0) is 16.6 Å². The predicted octanol–water partition coefficient (Wildman–Crippen LogP) is 0.673. The molecule has 0 saturated heterocycles. The number of carbonyl (C=O) groups excluding carboxylic acids is 2. The quantitative estimate of drug-likeness (QED) is 0.284. The summed E-state index contributed by atoms with van der Waals surface area (Å²) >= 11 is 0. The first-order valence-corrected chi connectivity index (χ1v) is 9.44. The van der Waals surface area contributed by atoms with E-state index in [0.29, 0.717) is 28.4 Å². The molecule has 1 amide bonds. The summed E-state index contributed by atoms with van der Waals surface area (Å²) in [5, 5.41) is 10.1. The Kier molecular flexibility index (Phi) is 6.14. The van der Waals surface area contributed by atoms with Crippen molar-refractivity contribution >= 4 is 34.7 Å². The number of ether oxygens (including phenoxy) is 1. The molecule has 2 heterocycles. The van der Waals surface area contributed by atoms with Gasteiger partial charge in [-0.1, -0.05) is 24.3 Å². The second-order valence-corrected chi connectivity index (χ2v) is 7.00. The average Bonchev–Trinajstić information content (AvgIpc) is 3.09. The number of methoxy groups -OCH3 is 1. The maximum Gasteiger partial charge on any atom is 0.307 e. The van der Waals surface area contributed by atoms with Crippen molar-refractivity contribution in [1.82, 2.24) is 24.8 Å². The molecule has 0 aliphatic carbocycles. The van der Waals surface area contributed by atoms with Gasteiger partial charge in [-0.2, -0.15) is 0 Å². The van der Waals surface area contributed by atoms with Crippen LogP contribution in [0.15, 0.2) is 24.3 Å². The first-order chi connectivity index (χ1) is 14.7. The standard InChI is InChI=1S/C20H24N8O3/c1-27(2)19-14-16(24-17(26-19)20(30)23-10-9-13(29)31-4)25-18(28(14)3)12-7-5-11(6-8-12)15(21)22/h5-8H,9-10H2,1-4H3,(H3,21,22)(H,23,30). The van der Waals surface area contributed by atoms with Crippen LogP contribution in [0.25, 0.3) is 22.6 Å². The van der Waals surface area contributed by atoms with E-state index in [1.54, 1.807) is 17.0 Å². The number of aromatic nitrogens is 4. The third kappa shape index (κ3) is 4.44. The number of esters is 1. The molecule has 0 aliphatic heterocycles. The third-order valence-electron chi connectivity index (χ3n) is 4.64. The number of hydrogen-bond acceptors (Lipinski definition) is 8. The van der Waals surface area contributed by atoms with Crippen molar-refractivity contribution in [1.29, 1.82) is 5.41 Å². The zero-order valence-electron chi connectivity index (χ0n) is 17.8. The van der Waals surface area contributed by atoms with Gasteiger partial charge in [0.05, 0.1) is 13.5 Å². The van der Waals surface area contributed by atoms with Crippen molar-refractivity contribution in [3.05, 3.63) is 35.7 Å². The number of nitrogens with two attached hydrogens (primary N) is 1. The maximum absolute atomic E-state index is 12.5. The fraction of sp³-hybridized carbons (Fsp3) is 0.300. The Labute approximate surface area is 178 Å². The Hall–Kier alpha value is -4.02. The Bertz CT molecular complexity index is 1150. The van der Waals surface area contributed by atoms with Gasteiger partial charge >= 0.3 is 5.97 Å². The van der Waals surface area contributed by atoms with E-state index < -0.39 is 11.9 Å². The molecule has 0 radical (unpaired) electrons.